The van der Waals surface area contributed by atoms with Crippen molar-refractivity contribution in [2.75, 3.05) is 6.54 Å². The maximum Gasteiger partial charge on any atom is 0.258 e. The van der Waals surface area contributed by atoms with Crippen LogP contribution >= 0.6 is 15.9 Å². The quantitative estimate of drug-likeness (QED) is 0.729. The first-order chi connectivity index (χ1) is 8.02. The summed E-state index contributed by atoms with van der Waals surface area (Å²) in [7, 11) is 0. The van der Waals surface area contributed by atoms with Gasteiger partial charge in [0.1, 0.15) is 11.6 Å². The molecule has 1 unspecified atom stereocenters. The highest BCUT2D eigenvalue weighted by Gasteiger charge is 2.29. The van der Waals surface area contributed by atoms with E-state index in [9.17, 15) is 13.6 Å². The topological polar surface area (TPSA) is 20.3 Å². The average molecular weight is 304 g/mol. The van der Waals surface area contributed by atoms with Gasteiger partial charge in [-0.1, -0.05) is 0 Å². The normalized spacial score (nSPS) is 19.8. The molecule has 1 amide bonds. The molecule has 0 bridgehead atoms. The largest absolute Gasteiger partial charge is 0.336 e. The lowest BCUT2D eigenvalue weighted by molar-refractivity contribution is 0.0741. The molecule has 1 aliphatic rings. The molecule has 1 aliphatic heterocycles. The number of hydrogen-bond acceptors (Lipinski definition) is 1. The maximum atomic E-state index is 13.6. The highest BCUT2D eigenvalue weighted by Crippen LogP contribution is 2.27. The zero-order valence-electron chi connectivity index (χ0n) is 9.34. The molecule has 0 aliphatic carbocycles. The van der Waals surface area contributed by atoms with Crippen molar-refractivity contribution in [3.63, 3.8) is 0 Å². The molecule has 1 fully saturated rings. The predicted octanol–water partition coefficient (Wildman–Crippen LogP) is 3.35. The van der Waals surface area contributed by atoms with E-state index in [4.69, 9.17) is 0 Å². The van der Waals surface area contributed by atoms with Crippen LogP contribution in [0.5, 0.6) is 0 Å². The van der Waals surface area contributed by atoms with Crippen LogP contribution in [0.2, 0.25) is 0 Å². The lowest BCUT2D eigenvalue weighted by Crippen LogP contribution is -2.34. The zero-order chi connectivity index (χ0) is 12.6. The van der Waals surface area contributed by atoms with Crippen molar-refractivity contribution in [3.05, 3.63) is 33.8 Å². The van der Waals surface area contributed by atoms with Crippen molar-refractivity contribution >= 4 is 21.8 Å². The van der Waals surface area contributed by atoms with Gasteiger partial charge < -0.3 is 4.90 Å². The Morgan fingerprint density at radius 2 is 2.06 bits per heavy atom. The third-order valence-electron chi connectivity index (χ3n) is 3.07. The molecule has 5 heteroatoms. The van der Waals surface area contributed by atoms with Crippen molar-refractivity contribution < 1.29 is 13.6 Å². The summed E-state index contributed by atoms with van der Waals surface area (Å²) in [6.45, 7) is 2.51. The maximum absolute atomic E-state index is 13.6. The SMILES string of the molecule is CC1CCCN1C(=O)c1c(F)ccc(F)c1Br. The van der Waals surface area contributed by atoms with E-state index in [1.807, 2.05) is 6.92 Å². The average Bonchev–Trinajstić information content (AvgIpc) is 2.70. The highest BCUT2D eigenvalue weighted by atomic mass is 79.9. The first-order valence-electron chi connectivity index (χ1n) is 5.47. The van der Waals surface area contributed by atoms with Gasteiger partial charge >= 0.3 is 0 Å². The van der Waals surface area contributed by atoms with Crippen molar-refractivity contribution in [2.24, 2.45) is 0 Å². The summed E-state index contributed by atoms with van der Waals surface area (Å²) in [6, 6.07) is 2.06. The van der Waals surface area contributed by atoms with Gasteiger partial charge in [-0.05, 0) is 47.8 Å². The lowest BCUT2D eigenvalue weighted by Gasteiger charge is -2.22. The van der Waals surface area contributed by atoms with Gasteiger partial charge in [0.15, 0.2) is 0 Å². The van der Waals surface area contributed by atoms with Gasteiger partial charge in [0, 0.05) is 12.6 Å². The molecular weight excluding hydrogens is 292 g/mol. The summed E-state index contributed by atoms with van der Waals surface area (Å²) < 4.78 is 26.8. The van der Waals surface area contributed by atoms with Crippen LogP contribution in [-0.2, 0) is 0 Å². The third-order valence-corrected chi connectivity index (χ3v) is 3.85. The zero-order valence-corrected chi connectivity index (χ0v) is 10.9. The first-order valence-corrected chi connectivity index (χ1v) is 6.26. The van der Waals surface area contributed by atoms with E-state index in [1.54, 1.807) is 4.90 Å². The second-order valence-corrected chi connectivity index (χ2v) is 5.00. The Balaban J connectivity index is 2.40. The molecule has 1 saturated heterocycles. The van der Waals surface area contributed by atoms with Crippen molar-refractivity contribution in [2.45, 2.75) is 25.8 Å². The van der Waals surface area contributed by atoms with Crippen LogP contribution in [0.15, 0.2) is 16.6 Å². The Bertz CT molecular complexity index is 464. The van der Waals surface area contributed by atoms with Gasteiger partial charge in [-0.2, -0.15) is 0 Å². The van der Waals surface area contributed by atoms with E-state index in [-0.39, 0.29) is 16.1 Å². The summed E-state index contributed by atoms with van der Waals surface area (Å²) >= 11 is 2.94. The highest BCUT2D eigenvalue weighted by molar-refractivity contribution is 9.10. The second-order valence-electron chi connectivity index (χ2n) is 4.21. The van der Waals surface area contributed by atoms with Crippen LogP contribution in [-0.4, -0.2) is 23.4 Å². The fourth-order valence-corrected chi connectivity index (χ4v) is 2.59. The Hall–Kier alpha value is -0.970. The van der Waals surface area contributed by atoms with Crippen LogP contribution in [0, 0.1) is 11.6 Å². The van der Waals surface area contributed by atoms with Crippen molar-refractivity contribution in [1.82, 2.24) is 4.90 Å². The van der Waals surface area contributed by atoms with Crippen molar-refractivity contribution in [3.8, 4) is 0 Å². The van der Waals surface area contributed by atoms with Crippen LogP contribution in [0.25, 0.3) is 0 Å². The molecule has 1 aromatic rings. The molecule has 1 aromatic carbocycles. The lowest BCUT2D eigenvalue weighted by atomic mass is 10.1. The van der Waals surface area contributed by atoms with E-state index in [0.717, 1.165) is 25.0 Å². The molecule has 0 spiro atoms. The Morgan fingerprint density at radius 1 is 1.41 bits per heavy atom. The number of amides is 1. The number of rotatable bonds is 1. The monoisotopic (exact) mass is 303 g/mol. The predicted molar refractivity (Wildman–Crippen MR) is 63.8 cm³/mol. The Morgan fingerprint density at radius 3 is 2.65 bits per heavy atom. The summed E-state index contributed by atoms with van der Waals surface area (Å²) in [5.41, 5.74) is -0.209. The second kappa shape index (κ2) is 4.72. The van der Waals surface area contributed by atoms with Crippen LogP contribution < -0.4 is 0 Å². The fourth-order valence-electron chi connectivity index (χ4n) is 2.10. The number of hydrogen-bond donors (Lipinski definition) is 0. The standard InChI is InChI=1S/C12H12BrF2NO/c1-7-3-2-6-16(7)12(17)10-8(14)4-5-9(15)11(10)13/h4-5,7H,2-3,6H2,1H3. The van der Waals surface area contributed by atoms with E-state index < -0.39 is 17.5 Å². The van der Waals surface area contributed by atoms with Gasteiger partial charge in [0.25, 0.3) is 5.91 Å². The molecule has 92 valence electrons. The van der Waals surface area contributed by atoms with E-state index in [1.165, 1.54) is 0 Å². The summed E-state index contributed by atoms with van der Waals surface area (Å²) in [6.07, 6.45) is 1.81. The van der Waals surface area contributed by atoms with Gasteiger partial charge in [-0.3, -0.25) is 4.79 Å². The minimum atomic E-state index is -0.692. The Labute approximate surface area is 107 Å². The molecular formula is C12H12BrF2NO. The molecule has 0 aromatic heterocycles. The number of halogens is 3. The molecule has 0 radical (unpaired) electrons. The third kappa shape index (κ3) is 2.20. The summed E-state index contributed by atoms with van der Waals surface area (Å²) in [5, 5.41) is 0. The number of carbonyl (C=O) groups excluding carboxylic acids is 1. The van der Waals surface area contributed by atoms with E-state index in [0.29, 0.717) is 6.54 Å². The van der Waals surface area contributed by atoms with E-state index in [2.05, 4.69) is 15.9 Å². The number of benzene rings is 1. The van der Waals surface area contributed by atoms with E-state index >= 15 is 0 Å². The van der Waals surface area contributed by atoms with Gasteiger partial charge in [-0.15, -0.1) is 0 Å². The van der Waals surface area contributed by atoms with Gasteiger partial charge in [-0.25, -0.2) is 8.78 Å². The number of nitrogens with zero attached hydrogens (tertiary/aromatic N) is 1. The molecule has 2 nitrogen and oxygen atoms in total. The summed E-state index contributed by atoms with van der Waals surface area (Å²) in [5.74, 6) is -1.76. The van der Waals surface area contributed by atoms with Gasteiger partial charge in [0.2, 0.25) is 0 Å². The van der Waals surface area contributed by atoms with Crippen LogP contribution in [0.4, 0.5) is 8.78 Å². The minimum Gasteiger partial charge on any atom is -0.336 e. The molecule has 0 N–H and O–H groups in total. The molecule has 1 atom stereocenters. The van der Waals surface area contributed by atoms with Gasteiger partial charge in [0.05, 0.1) is 10.0 Å². The molecule has 2 rings (SSSR count). The summed E-state index contributed by atoms with van der Waals surface area (Å²) in [4.78, 5) is 13.7. The minimum absolute atomic E-state index is 0.0806. The first kappa shape index (κ1) is 12.5. The Kier molecular flexibility index (Phi) is 3.47. The fraction of sp³-hybridized carbons (Fsp3) is 0.417. The molecule has 17 heavy (non-hydrogen) atoms. The number of likely N-dealkylation sites (tertiary alicyclic amines) is 1. The smallest absolute Gasteiger partial charge is 0.258 e. The molecule has 1 heterocycles. The van der Waals surface area contributed by atoms with Crippen molar-refractivity contribution in [1.29, 1.82) is 0 Å². The molecule has 0 saturated carbocycles. The number of carbonyl (C=O) groups is 1. The van der Waals surface area contributed by atoms with Crippen LogP contribution in [0.3, 0.4) is 0 Å². The van der Waals surface area contributed by atoms with Crippen LogP contribution in [0.1, 0.15) is 30.1 Å².